The van der Waals surface area contributed by atoms with E-state index >= 15 is 0 Å². The number of hydrogen-bond donors (Lipinski definition) is 1. The number of halogens is 2. The SMILES string of the molecule is CN(CCN1CCOCC1)CC(O)c1cc(F)ccc1F. The van der Waals surface area contributed by atoms with Crippen molar-refractivity contribution in [2.45, 2.75) is 6.10 Å². The van der Waals surface area contributed by atoms with Gasteiger partial charge >= 0.3 is 0 Å². The van der Waals surface area contributed by atoms with Gasteiger partial charge in [0.1, 0.15) is 11.6 Å². The van der Waals surface area contributed by atoms with E-state index in [2.05, 4.69) is 4.90 Å². The maximum Gasteiger partial charge on any atom is 0.129 e. The van der Waals surface area contributed by atoms with E-state index in [9.17, 15) is 13.9 Å². The molecular weight excluding hydrogens is 278 g/mol. The second-order valence-corrected chi connectivity index (χ2v) is 5.40. The standard InChI is InChI=1S/C15H22F2N2O2/c1-18(4-5-19-6-8-21-9-7-19)11-15(20)13-10-12(16)2-3-14(13)17/h2-3,10,15,20H,4-9,11H2,1H3. The molecule has 6 heteroatoms. The lowest BCUT2D eigenvalue weighted by molar-refractivity contribution is 0.0318. The van der Waals surface area contributed by atoms with E-state index in [1.165, 1.54) is 0 Å². The van der Waals surface area contributed by atoms with Gasteiger partial charge in [0.05, 0.1) is 19.3 Å². The first-order valence-corrected chi connectivity index (χ1v) is 7.18. The van der Waals surface area contributed by atoms with E-state index in [1.807, 2.05) is 11.9 Å². The molecule has 1 unspecified atom stereocenters. The Kier molecular flexibility index (Phi) is 6.05. The molecule has 1 aromatic carbocycles. The minimum atomic E-state index is -1.03. The number of nitrogens with zero attached hydrogens (tertiary/aromatic N) is 2. The molecule has 1 atom stereocenters. The number of ether oxygens (including phenoxy) is 1. The molecule has 0 bridgehead atoms. The first-order valence-electron chi connectivity index (χ1n) is 7.18. The summed E-state index contributed by atoms with van der Waals surface area (Å²) in [6, 6.07) is 3.14. The molecule has 1 N–H and O–H groups in total. The van der Waals surface area contributed by atoms with Gasteiger partial charge in [0.15, 0.2) is 0 Å². The van der Waals surface area contributed by atoms with E-state index in [0.29, 0.717) is 0 Å². The fourth-order valence-corrected chi connectivity index (χ4v) is 2.39. The predicted octanol–water partition coefficient (Wildman–Crippen LogP) is 1.26. The predicted molar refractivity (Wildman–Crippen MR) is 76.1 cm³/mol. The van der Waals surface area contributed by atoms with Gasteiger partial charge in [-0.25, -0.2) is 8.78 Å². The molecule has 4 nitrogen and oxygen atoms in total. The zero-order valence-electron chi connectivity index (χ0n) is 12.3. The van der Waals surface area contributed by atoms with Crippen LogP contribution < -0.4 is 0 Å². The number of morpholine rings is 1. The number of aliphatic hydroxyl groups excluding tert-OH is 1. The molecule has 0 aromatic heterocycles. The van der Waals surface area contributed by atoms with Gasteiger partial charge in [0.2, 0.25) is 0 Å². The summed E-state index contributed by atoms with van der Waals surface area (Å²) in [4.78, 5) is 4.21. The summed E-state index contributed by atoms with van der Waals surface area (Å²) in [7, 11) is 1.86. The molecule has 0 spiro atoms. The largest absolute Gasteiger partial charge is 0.387 e. The molecule has 1 aliphatic rings. The minimum Gasteiger partial charge on any atom is -0.387 e. The second-order valence-electron chi connectivity index (χ2n) is 5.40. The highest BCUT2D eigenvalue weighted by molar-refractivity contribution is 5.21. The number of rotatable bonds is 6. The van der Waals surface area contributed by atoms with Gasteiger partial charge in [0.25, 0.3) is 0 Å². The molecule has 21 heavy (non-hydrogen) atoms. The number of aliphatic hydroxyl groups is 1. The Bertz CT molecular complexity index is 453. The van der Waals surface area contributed by atoms with Crippen LogP contribution >= 0.6 is 0 Å². The van der Waals surface area contributed by atoms with Gasteiger partial charge in [-0.05, 0) is 25.2 Å². The highest BCUT2D eigenvalue weighted by Gasteiger charge is 2.17. The van der Waals surface area contributed by atoms with Crippen molar-refractivity contribution in [1.82, 2.24) is 9.80 Å². The van der Waals surface area contributed by atoms with Gasteiger partial charge in [-0.2, -0.15) is 0 Å². The van der Waals surface area contributed by atoms with Crippen LogP contribution in [0.1, 0.15) is 11.7 Å². The molecule has 1 aromatic rings. The number of hydrogen-bond acceptors (Lipinski definition) is 4. The molecule has 0 amide bonds. The monoisotopic (exact) mass is 300 g/mol. The summed E-state index contributed by atoms with van der Waals surface area (Å²) in [5, 5.41) is 10.1. The summed E-state index contributed by atoms with van der Waals surface area (Å²) < 4.78 is 32.0. The summed E-state index contributed by atoms with van der Waals surface area (Å²) in [6.07, 6.45) is -1.03. The fraction of sp³-hybridized carbons (Fsp3) is 0.600. The quantitative estimate of drug-likeness (QED) is 0.858. The highest BCUT2D eigenvalue weighted by Crippen LogP contribution is 2.19. The van der Waals surface area contributed by atoms with Crippen LogP contribution in [0.4, 0.5) is 8.78 Å². The van der Waals surface area contributed by atoms with E-state index in [0.717, 1.165) is 57.6 Å². The average molecular weight is 300 g/mol. The normalized spacial score (nSPS) is 18.1. The lowest BCUT2D eigenvalue weighted by atomic mass is 10.1. The molecule has 118 valence electrons. The molecule has 1 saturated heterocycles. The minimum absolute atomic E-state index is 0.00761. The summed E-state index contributed by atoms with van der Waals surface area (Å²) in [5.41, 5.74) is 0.00761. The maximum atomic E-state index is 13.6. The molecule has 0 aliphatic carbocycles. The van der Waals surface area contributed by atoms with Gasteiger partial charge in [-0.3, -0.25) is 4.90 Å². The van der Waals surface area contributed by atoms with Crippen LogP contribution in [0.15, 0.2) is 18.2 Å². The van der Waals surface area contributed by atoms with Crippen LogP contribution in [-0.2, 0) is 4.74 Å². The Labute approximate surface area is 123 Å². The maximum absolute atomic E-state index is 13.6. The molecule has 0 saturated carbocycles. The molecule has 2 rings (SSSR count). The zero-order valence-corrected chi connectivity index (χ0v) is 12.3. The third-order valence-electron chi connectivity index (χ3n) is 3.70. The van der Waals surface area contributed by atoms with Crippen LogP contribution in [-0.4, -0.2) is 67.9 Å². The van der Waals surface area contributed by atoms with E-state index < -0.39 is 17.7 Å². The lowest BCUT2D eigenvalue weighted by Crippen LogP contribution is -2.41. The Morgan fingerprint density at radius 3 is 2.76 bits per heavy atom. The van der Waals surface area contributed by atoms with E-state index in [-0.39, 0.29) is 12.1 Å². The van der Waals surface area contributed by atoms with Crippen molar-refractivity contribution in [2.24, 2.45) is 0 Å². The molecule has 1 heterocycles. The Balaban J connectivity index is 1.81. The number of likely N-dealkylation sites (N-methyl/N-ethyl adjacent to an activating group) is 1. The smallest absolute Gasteiger partial charge is 0.129 e. The first-order chi connectivity index (χ1) is 10.1. The lowest BCUT2D eigenvalue weighted by Gasteiger charge is -2.29. The third kappa shape index (κ3) is 5.00. The first kappa shape index (κ1) is 16.3. The zero-order chi connectivity index (χ0) is 15.2. The highest BCUT2D eigenvalue weighted by atomic mass is 19.1. The van der Waals surface area contributed by atoms with E-state index in [1.54, 1.807) is 0 Å². The molecule has 1 aliphatic heterocycles. The van der Waals surface area contributed by atoms with Gasteiger partial charge in [0, 0.05) is 38.3 Å². The Hall–Kier alpha value is -1.08. The van der Waals surface area contributed by atoms with Crippen molar-refractivity contribution in [3.8, 4) is 0 Å². The molecular formula is C15H22F2N2O2. The van der Waals surface area contributed by atoms with Crippen LogP contribution in [0.25, 0.3) is 0 Å². The van der Waals surface area contributed by atoms with E-state index in [4.69, 9.17) is 4.74 Å². The summed E-state index contributed by atoms with van der Waals surface area (Å²) in [6.45, 7) is 5.22. The van der Waals surface area contributed by atoms with Gasteiger partial charge < -0.3 is 14.7 Å². The summed E-state index contributed by atoms with van der Waals surface area (Å²) >= 11 is 0. The Morgan fingerprint density at radius 1 is 1.33 bits per heavy atom. The number of benzene rings is 1. The van der Waals surface area contributed by atoms with Crippen molar-refractivity contribution < 1.29 is 18.6 Å². The second kappa shape index (κ2) is 7.79. The average Bonchev–Trinajstić information content (AvgIpc) is 2.48. The van der Waals surface area contributed by atoms with Crippen molar-refractivity contribution in [3.63, 3.8) is 0 Å². The van der Waals surface area contributed by atoms with Gasteiger partial charge in [-0.1, -0.05) is 0 Å². The summed E-state index contributed by atoms with van der Waals surface area (Å²) in [5.74, 6) is -1.12. The van der Waals surface area contributed by atoms with Crippen LogP contribution in [0, 0.1) is 11.6 Å². The van der Waals surface area contributed by atoms with Crippen molar-refractivity contribution in [1.29, 1.82) is 0 Å². The third-order valence-corrected chi connectivity index (χ3v) is 3.70. The molecule has 1 fully saturated rings. The molecule has 0 radical (unpaired) electrons. The van der Waals surface area contributed by atoms with Crippen LogP contribution in [0.5, 0.6) is 0 Å². The van der Waals surface area contributed by atoms with Gasteiger partial charge in [-0.15, -0.1) is 0 Å². The van der Waals surface area contributed by atoms with Crippen LogP contribution in [0.3, 0.4) is 0 Å². The van der Waals surface area contributed by atoms with Crippen molar-refractivity contribution in [2.75, 3.05) is 53.0 Å². The van der Waals surface area contributed by atoms with Crippen LogP contribution in [0.2, 0.25) is 0 Å². The Morgan fingerprint density at radius 2 is 2.05 bits per heavy atom. The fourth-order valence-electron chi connectivity index (χ4n) is 2.39. The topological polar surface area (TPSA) is 35.9 Å². The van der Waals surface area contributed by atoms with Crippen molar-refractivity contribution >= 4 is 0 Å². The van der Waals surface area contributed by atoms with Crippen molar-refractivity contribution in [3.05, 3.63) is 35.4 Å².